The topological polar surface area (TPSA) is 17.1 Å². The van der Waals surface area contributed by atoms with E-state index in [9.17, 15) is 4.79 Å². The van der Waals surface area contributed by atoms with E-state index in [1.54, 1.807) is 18.2 Å². The fourth-order valence-corrected chi connectivity index (χ4v) is 1.87. The van der Waals surface area contributed by atoms with E-state index in [0.717, 1.165) is 5.56 Å². The van der Waals surface area contributed by atoms with Crippen molar-refractivity contribution >= 4 is 21.7 Å². The second kappa shape index (κ2) is 6.23. The van der Waals surface area contributed by atoms with E-state index in [1.807, 2.05) is 24.3 Å². The number of allylic oxidation sites excluding steroid dienone is 4. The number of alkyl halides is 1. The van der Waals surface area contributed by atoms with Gasteiger partial charge in [-0.2, -0.15) is 0 Å². The first-order chi connectivity index (χ1) is 7.74. The highest BCUT2D eigenvalue weighted by Crippen LogP contribution is 2.17. The van der Waals surface area contributed by atoms with Gasteiger partial charge in [-0.15, -0.1) is 0 Å². The maximum absolute atomic E-state index is 12.1. The van der Waals surface area contributed by atoms with Gasteiger partial charge in [0.25, 0.3) is 0 Å². The Morgan fingerprint density at radius 1 is 1.31 bits per heavy atom. The average Bonchev–Trinajstić information content (AvgIpc) is 2.35. The molecule has 0 aliphatic rings. The van der Waals surface area contributed by atoms with Gasteiger partial charge in [0.2, 0.25) is 0 Å². The molecule has 0 saturated heterocycles. The molecular formula is C14H13BrO. The Hall–Kier alpha value is -1.41. The lowest BCUT2D eigenvalue weighted by Crippen LogP contribution is -2.04. The van der Waals surface area contributed by atoms with Crippen molar-refractivity contribution in [3.63, 3.8) is 0 Å². The van der Waals surface area contributed by atoms with Crippen molar-refractivity contribution in [2.45, 2.75) is 5.33 Å². The molecular weight excluding hydrogens is 264 g/mol. The zero-order chi connectivity index (χ0) is 12.0. The van der Waals surface area contributed by atoms with E-state index in [2.05, 4.69) is 29.1 Å². The Morgan fingerprint density at radius 3 is 2.56 bits per heavy atom. The molecule has 0 fully saturated rings. The van der Waals surface area contributed by atoms with E-state index >= 15 is 0 Å². The third-order valence-electron chi connectivity index (χ3n) is 2.19. The van der Waals surface area contributed by atoms with Crippen LogP contribution in [-0.2, 0) is 5.33 Å². The second-order valence-electron chi connectivity index (χ2n) is 3.18. The van der Waals surface area contributed by atoms with Crippen LogP contribution in [-0.4, -0.2) is 5.78 Å². The Balaban J connectivity index is 3.18. The Kier molecular flexibility index (Phi) is 4.93. The molecule has 1 nitrogen and oxygen atoms in total. The van der Waals surface area contributed by atoms with Crippen LogP contribution in [0, 0.1) is 0 Å². The molecule has 0 N–H and O–H groups in total. The number of halogens is 1. The molecule has 1 aromatic rings. The molecule has 0 amide bonds. The van der Waals surface area contributed by atoms with Gasteiger partial charge in [-0.1, -0.05) is 71.6 Å². The smallest absolute Gasteiger partial charge is 0.193 e. The number of carbonyl (C=O) groups is 1. The zero-order valence-corrected chi connectivity index (χ0v) is 10.5. The van der Waals surface area contributed by atoms with Gasteiger partial charge < -0.3 is 0 Å². The third-order valence-corrected chi connectivity index (χ3v) is 2.79. The van der Waals surface area contributed by atoms with Crippen molar-refractivity contribution in [3.8, 4) is 0 Å². The van der Waals surface area contributed by atoms with Gasteiger partial charge >= 0.3 is 0 Å². The van der Waals surface area contributed by atoms with Crippen LogP contribution in [0.15, 0.2) is 61.2 Å². The summed E-state index contributed by atoms with van der Waals surface area (Å²) in [7, 11) is 0. The van der Waals surface area contributed by atoms with Crippen molar-refractivity contribution in [2.24, 2.45) is 0 Å². The van der Waals surface area contributed by atoms with Crippen molar-refractivity contribution in [3.05, 3.63) is 72.4 Å². The van der Waals surface area contributed by atoms with Crippen LogP contribution < -0.4 is 0 Å². The monoisotopic (exact) mass is 276 g/mol. The first-order valence-corrected chi connectivity index (χ1v) is 6.00. The minimum absolute atomic E-state index is 0.0232. The van der Waals surface area contributed by atoms with Gasteiger partial charge in [0, 0.05) is 16.5 Å². The number of carbonyl (C=O) groups excluding carboxylic acids is 1. The summed E-state index contributed by atoms with van der Waals surface area (Å²) in [5, 5.41) is 0.660. The van der Waals surface area contributed by atoms with Gasteiger partial charge in [0.15, 0.2) is 5.78 Å². The molecule has 0 bridgehead atoms. The highest BCUT2D eigenvalue weighted by Gasteiger charge is 2.12. The van der Waals surface area contributed by atoms with Gasteiger partial charge in [-0.25, -0.2) is 0 Å². The van der Waals surface area contributed by atoms with Crippen LogP contribution in [0.1, 0.15) is 15.9 Å². The molecule has 0 spiro atoms. The Morgan fingerprint density at radius 2 is 2.00 bits per heavy atom. The molecule has 0 heterocycles. The molecule has 1 aromatic carbocycles. The first kappa shape index (κ1) is 12.7. The van der Waals surface area contributed by atoms with Gasteiger partial charge in [-0.05, 0) is 5.56 Å². The molecule has 0 atom stereocenters. The maximum atomic E-state index is 12.1. The van der Waals surface area contributed by atoms with Gasteiger partial charge in [-0.3, -0.25) is 4.79 Å². The van der Waals surface area contributed by atoms with E-state index in [4.69, 9.17) is 0 Å². The number of ketones is 1. The Labute approximate surface area is 104 Å². The van der Waals surface area contributed by atoms with E-state index < -0.39 is 0 Å². The standard InChI is InChI=1S/C14H13BrO/c1-3-7-11(4-2)14(16)13-9-6-5-8-12(13)10-15/h3-9H,1-2,10H2/b11-7+. The minimum atomic E-state index is -0.0232. The SMILES string of the molecule is C=C/C=C(\C=C)C(=O)c1ccccc1CBr. The van der Waals surface area contributed by atoms with Crippen LogP contribution in [0.3, 0.4) is 0 Å². The molecule has 2 heteroatoms. The lowest BCUT2D eigenvalue weighted by molar-refractivity contribution is 0.103. The summed E-state index contributed by atoms with van der Waals surface area (Å²) in [6, 6.07) is 7.52. The fourth-order valence-electron chi connectivity index (χ4n) is 1.38. The summed E-state index contributed by atoms with van der Waals surface area (Å²) in [5.74, 6) is -0.0232. The minimum Gasteiger partial charge on any atom is -0.289 e. The van der Waals surface area contributed by atoms with E-state index in [1.165, 1.54) is 0 Å². The number of benzene rings is 1. The van der Waals surface area contributed by atoms with Crippen molar-refractivity contribution in [2.75, 3.05) is 0 Å². The highest BCUT2D eigenvalue weighted by molar-refractivity contribution is 9.08. The van der Waals surface area contributed by atoms with Crippen LogP contribution in [0.2, 0.25) is 0 Å². The number of hydrogen-bond acceptors (Lipinski definition) is 1. The summed E-state index contributed by atoms with van der Waals surface area (Å²) in [6.07, 6.45) is 4.81. The molecule has 0 aromatic heterocycles. The van der Waals surface area contributed by atoms with Crippen LogP contribution in [0.4, 0.5) is 0 Å². The van der Waals surface area contributed by atoms with E-state index in [0.29, 0.717) is 16.5 Å². The summed E-state index contributed by atoms with van der Waals surface area (Å²) in [4.78, 5) is 12.1. The summed E-state index contributed by atoms with van der Waals surface area (Å²) < 4.78 is 0. The first-order valence-electron chi connectivity index (χ1n) is 4.88. The fraction of sp³-hybridized carbons (Fsp3) is 0.0714. The van der Waals surface area contributed by atoms with Gasteiger partial charge in [0.1, 0.15) is 0 Å². The molecule has 0 unspecified atom stereocenters. The third kappa shape index (κ3) is 2.80. The van der Waals surface area contributed by atoms with Crippen LogP contribution in [0.25, 0.3) is 0 Å². The molecule has 0 aliphatic heterocycles. The summed E-state index contributed by atoms with van der Waals surface area (Å²) in [6.45, 7) is 7.21. The maximum Gasteiger partial charge on any atom is 0.193 e. The highest BCUT2D eigenvalue weighted by atomic mass is 79.9. The number of Topliss-reactive ketones (excluding diaryl/α,β-unsaturated/α-hetero) is 1. The lowest BCUT2D eigenvalue weighted by Gasteiger charge is -2.06. The van der Waals surface area contributed by atoms with Crippen molar-refractivity contribution < 1.29 is 4.79 Å². The zero-order valence-electron chi connectivity index (χ0n) is 8.95. The normalized spacial score (nSPS) is 10.9. The molecule has 0 radical (unpaired) electrons. The summed E-state index contributed by atoms with van der Waals surface area (Å²) in [5.41, 5.74) is 2.24. The van der Waals surface area contributed by atoms with E-state index in [-0.39, 0.29) is 5.78 Å². The van der Waals surface area contributed by atoms with Gasteiger partial charge in [0.05, 0.1) is 0 Å². The average molecular weight is 277 g/mol. The predicted octanol–water partition coefficient (Wildman–Crippen LogP) is 4.06. The molecule has 1 rings (SSSR count). The largest absolute Gasteiger partial charge is 0.289 e. The van der Waals surface area contributed by atoms with Crippen molar-refractivity contribution in [1.82, 2.24) is 0 Å². The Bertz CT molecular complexity index is 444. The summed E-state index contributed by atoms with van der Waals surface area (Å²) >= 11 is 3.37. The van der Waals surface area contributed by atoms with Crippen LogP contribution in [0.5, 0.6) is 0 Å². The molecule has 16 heavy (non-hydrogen) atoms. The quantitative estimate of drug-likeness (QED) is 0.343. The molecule has 82 valence electrons. The number of rotatable bonds is 5. The molecule has 0 aliphatic carbocycles. The number of hydrogen-bond donors (Lipinski definition) is 0. The van der Waals surface area contributed by atoms with Crippen LogP contribution >= 0.6 is 15.9 Å². The molecule has 0 saturated carbocycles. The van der Waals surface area contributed by atoms with Crippen molar-refractivity contribution in [1.29, 1.82) is 0 Å². The predicted molar refractivity (Wildman–Crippen MR) is 71.9 cm³/mol. The lowest BCUT2D eigenvalue weighted by atomic mass is 9.99. The second-order valence-corrected chi connectivity index (χ2v) is 3.74.